The lowest BCUT2D eigenvalue weighted by Crippen LogP contribution is -2.35. The zero-order chi connectivity index (χ0) is 12.6. The van der Waals surface area contributed by atoms with Crippen LogP contribution in [0.5, 0.6) is 0 Å². The first-order valence-electron chi connectivity index (χ1n) is 6.75. The van der Waals surface area contributed by atoms with Crippen LogP contribution in [0, 0.1) is 0 Å². The number of nitrogens with zero attached hydrogens (tertiary/aromatic N) is 2. The first kappa shape index (κ1) is 12.5. The number of aliphatic imine (C=N–C) groups is 1. The minimum atomic E-state index is -0.0239. The van der Waals surface area contributed by atoms with Crippen molar-refractivity contribution in [1.29, 1.82) is 0 Å². The summed E-state index contributed by atoms with van der Waals surface area (Å²) < 4.78 is 1.04. The molecule has 1 saturated heterocycles. The molecule has 3 heteroatoms. The zero-order valence-electron chi connectivity index (χ0n) is 10.8. The van der Waals surface area contributed by atoms with Crippen molar-refractivity contribution < 1.29 is 0 Å². The van der Waals surface area contributed by atoms with Gasteiger partial charge in [-0.2, -0.15) is 0 Å². The lowest BCUT2D eigenvalue weighted by atomic mass is 9.93. The number of rotatable bonds is 1. The molecular weight excluding hydrogens is 335 g/mol. The van der Waals surface area contributed by atoms with E-state index in [1.54, 1.807) is 0 Å². The van der Waals surface area contributed by atoms with Gasteiger partial charge in [0.15, 0.2) is 0 Å². The third-order valence-electron chi connectivity index (χ3n) is 4.02. The van der Waals surface area contributed by atoms with Gasteiger partial charge >= 0.3 is 0 Å². The SMILES string of the molecule is CC1(CI)N=C(N2CCCCC2)c2ccccc21. The van der Waals surface area contributed by atoms with Crippen molar-refractivity contribution in [3.8, 4) is 0 Å². The van der Waals surface area contributed by atoms with Crippen molar-refractivity contribution in [3.05, 3.63) is 35.4 Å². The molecule has 0 radical (unpaired) electrons. The van der Waals surface area contributed by atoms with E-state index in [0.717, 1.165) is 4.43 Å². The molecule has 0 N–H and O–H groups in total. The van der Waals surface area contributed by atoms with Crippen LogP contribution < -0.4 is 0 Å². The fraction of sp³-hybridized carbons (Fsp3) is 0.533. The average Bonchev–Trinajstić information content (AvgIpc) is 2.75. The minimum absolute atomic E-state index is 0.0239. The Morgan fingerprint density at radius 1 is 1.22 bits per heavy atom. The third-order valence-corrected chi connectivity index (χ3v) is 5.50. The summed E-state index contributed by atoms with van der Waals surface area (Å²) in [7, 11) is 0. The third kappa shape index (κ3) is 1.96. The van der Waals surface area contributed by atoms with Crippen LogP contribution in [0.1, 0.15) is 37.3 Å². The van der Waals surface area contributed by atoms with Crippen LogP contribution in [-0.4, -0.2) is 28.3 Å². The summed E-state index contributed by atoms with van der Waals surface area (Å²) in [5.74, 6) is 1.24. The normalized spacial score (nSPS) is 27.0. The van der Waals surface area contributed by atoms with Gasteiger partial charge < -0.3 is 4.90 Å². The fourth-order valence-electron chi connectivity index (χ4n) is 2.95. The highest BCUT2D eigenvalue weighted by molar-refractivity contribution is 14.1. The molecule has 2 heterocycles. The molecule has 1 unspecified atom stereocenters. The van der Waals surface area contributed by atoms with E-state index in [4.69, 9.17) is 4.99 Å². The van der Waals surface area contributed by atoms with Crippen LogP contribution >= 0.6 is 22.6 Å². The predicted octanol–water partition coefficient (Wildman–Crippen LogP) is 3.58. The second-order valence-corrected chi connectivity index (χ2v) is 6.20. The Bertz CT molecular complexity index is 477. The molecule has 2 nitrogen and oxygen atoms in total. The minimum Gasteiger partial charge on any atom is -0.356 e. The molecule has 0 bridgehead atoms. The monoisotopic (exact) mass is 354 g/mol. The van der Waals surface area contributed by atoms with E-state index in [9.17, 15) is 0 Å². The van der Waals surface area contributed by atoms with Gasteiger partial charge in [0.2, 0.25) is 0 Å². The topological polar surface area (TPSA) is 15.6 Å². The smallest absolute Gasteiger partial charge is 0.132 e. The molecule has 1 aromatic rings. The molecule has 0 spiro atoms. The highest BCUT2D eigenvalue weighted by Gasteiger charge is 2.36. The maximum Gasteiger partial charge on any atom is 0.132 e. The molecule has 0 amide bonds. The van der Waals surface area contributed by atoms with Crippen LogP contribution in [0.3, 0.4) is 0 Å². The van der Waals surface area contributed by atoms with Crippen molar-refractivity contribution >= 4 is 28.4 Å². The molecular formula is C15H19IN2. The Kier molecular flexibility index (Phi) is 3.34. The van der Waals surface area contributed by atoms with Crippen LogP contribution in [0.2, 0.25) is 0 Å². The number of halogens is 1. The van der Waals surface area contributed by atoms with Gasteiger partial charge in [-0.1, -0.05) is 46.9 Å². The Labute approximate surface area is 123 Å². The Balaban J connectivity index is 2.02. The van der Waals surface area contributed by atoms with Gasteiger partial charge in [0, 0.05) is 23.1 Å². The second kappa shape index (κ2) is 4.83. The number of amidine groups is 1. The molecule has 18 heavy (non-hydrogen) atoms. The largest absolute Gasteiger partial charge is 0.356 e. The molecule has 1 aromatic carbocycles. The van der Waals surface area contributed by atoms with E-state index >= 15 is 0 Å². The number of alkyl halides is 1. The van der Waals surface area contributed by atoms with Gasteiger partial charge in [0.05, 0.1) is 5.54 Å². The molecule has 0 aliphatic carbocycles. The van der Waals surface area contributed by atoms with Crippen LogP contribution in [0.25, 0.3) is 0 Å². The van der Waals surface area contributed by atoms with Gasteiger partial charge in [-0.15, -0.1) is 0 Å². The van der Waals surface area contributed by atoms with E-state index in [1.165, 1.54) is 49.3 Å². The molecule has 3 rings (SSSR count). The molecule has 96 valence electrons. The van der Waals surface area contributed by atoms with Gasteiger partial charge in [-0.25, -0.2) is 0 Å². The van der Waals surface area contributed by atoms with Crippen molar-refractivity contribution in [3.63, 3.8) is 0 Å². The quantitative estimate of drug-likeness (QED) is 0.556. The highest BCUT2D eigenvalue weighted by Crippen LogP contribution is 2.38. The van der Waals surface area contributed by atoms with Gasteiger partial charge in [0.1, 0.15) is 5.84 Å². The summed E-state index contributed by atoms with van der Waals surface area (Å²) in [5, 5.41) is 0. The number of likely N-dealkylation sites (tertiary alicyclic amines) is 1. The standard InChI is InChI=1S/C15H19IN2/c1-15(11-16)13-8-4-3-7-12(13)14(17-15)18-9-5-2-6-10-18/h3-4,7-8H,2,5-6,9-11H2,1H3. The molecule has 1 fully saturated rings. The Hall–Kier alpha value is -0.580. The van der Waals surface area contributed by atoms with Gasteiger partial charge in [-0.3, -0.25) is 4.99 Å². The number of fused-ring (bicyclic) bond motifs is 1. The summed E-state index contributed by atoms with van der Waals surface area (Å²) in [4.78, 5) is 7.55. The fourth-order valence-corrected chi connectivity index (χ4v) is 3.53. The lowest BCUT2D eigenvalue weighted by Gasteiger charge is -2.29. The molecule has 0 saturated carbocycles. The van der Waals surface area contributed by atoms with Crippen molar-refractivity contribution in [2.24, 2.45) is 4.99 Å². The summed E-state index contributed by atoms with van der Waals surface area (Å²) in [6, 6.07) is 8.75. The first-order chi connectivity index (χ1) is 8.74. The van der Waals surface area contributed by atoms with E-state index in [2.05, 4.69) is 58.7 Å². The van der Waals surface area contributed by atoms with Crippen LogP contribution in [0.15, 0.2) is 29.3 Å². The van der Waals surface area contributed by atoms with Crippen molar-refractivity contribution in [2.45, 2.75) is 31.7 Å². The summed E-state index contributed by atoms with van der Waals surface area (Å²) in [6.45, 7) is 4.60. The number of hydrogen-bond acceptors (Lipinski definition) is 2. The molecule has 2 aliphatic rings. The highest BCUT2D eigenvalue weighted by atomic mass is 127. The van der Waals surface area contributed by atoms with E-state index < -0.39 is 0 Å². The predicted molar refractivity (Wildman–Crippen MR) is 84.6 cm³/mol. The second-order valence-electron chi connectivity index (χ2n) is 5.44. The van der Waals surface area contributed by atoms with E-state index in [1.807, 2.05) is 0 Å². The zero-order valence-corrected chi connectivity index (χ0v) is 13.0. The van der Waals surface area contributed by atoms with Gasteiger partial charge in [-0.05, 0) is 31.7 Å². The molecule has 0 aromatic heterocycles. The van der Waals surface area contributed by atoms with Gasteiger partial charge in [0.25, 0.3) is 0 Å². The Morgan fingerprint density at radius 3 is 2.67 bits per heavy atom. The molecule has 2 aliphatic heterocycles. The van der Waals surface area contributed by atoms with Crippen molar-refractivity contribution in [2.75, 3.05) is 17.5 Å². The Morgan fingerprint density at radius 2 is 1.94 bits per heavy atom. The molecule has 1 atom stereocenters. The van der Waals surface area contributed by atoms with Crippen molar-refractivity contribution in [1.82, 2.24) is 4.90 Å². The maximum absolute atomic E-state index is 5.07. The summed E-state index contributed by atoms with van der Waals surface area (Å²) in [5.41, 5.74) is 2.74. The maximum atomic E-state index is 5.07. The van der Waals surface area contributed by atoms with Crippen LogP contribution in [0.4, 0.5) is 0 Å². The number of hydrogen-bond donors (Lipinski definition) is 0. The van der Waals surface area contributed by atoms with E-state index in [-0.39, 0.29) is 5.54 Å². The van der Waals surface area contributed by atoms with E-state index in [0.29, 0.717) is 0 Å². The lowest BCUT2D eigenvalue weighted by molar-refractivity contribution is 0.341. The summed E-state index contributed by atoms with van der Waals surface area (Å²) >= 11 is 2.46. The summed E-state index contributed by atoms with van der Waals surface area (Å²) in [6.07, 6.45) is 3.99. The average molecular weight is 354 g/mol. The first-order valence-corrected chi connectivity index (χ1v) is 8.28. The number of piperidine rings is 1. The number of benzene rings is 1. The van der Waals surface area contributed by atoms with Crippen LogP contribution in [-0.2, 0) is 5.54 Å².